The Morgan fingerprint density at radius 3 is 2.81 bits per heavy atom. The smallest absolute Gasteiger partial charge is 0.260 e. The van der Waals surface area contributed by atoms with E-state index < -0.39 is 17.3 Å². The summed E-state index contributed by atoms with van der Waals surface area (Å²) in [6.07, 6.45) is 0. The zero-order chi connectivity index (χ0) is 11.9. The number of benzene rings is 1. The first-order valence-electron chi connectivity index (χ1n) is 4.33. The highest BCUT2D eigenvalue weighted by atomic mass is 35.5. The second kappa shape index (κ2) is 3.68. The van der Waals surface area contributed by atoms with Gasteiger partial charge in [0.25, 0.3) is 5.56 Å². The number of nitrogens with one attached hydrogen (secondary N) is 1. The van der Waals surface area contributed by atoms with Crippen molar-refractivity contribution in [1.29, 1.82) is 0 Å². The van der Waals surface area contributed by atoms with Crippen LogP contribution in [0.15, 0.2) is 16.9 Å². The van der Waals surface area contributed by atoms with Crippen molar-refractivity contribution in [2.45, 2.75) is 0 Å². The predicted molar refractivity (Wildman–Crippen MR) is 57.8 cm³/mol. The lowest BCUT2D eigenvalue weighted by atomic mass is 10.1. The van der Waals surface area contributed by atoms with Crippen molar-refractivity contribution >= 4 is 22.4 Å². The lowest BCUT2D eigenvalue weighted by molar-refractivity contribution is 0.411. The summed E-state index contributed by atoms with van der Waals surface area (Å²) >= 11 is 5.88. The summed E-state index contributed by atoms with van der Waals surface area (Å²) in [6, 6.07) is 2.75. The normalized spacial score (nSPS) is 10.7. The van der Waals surface area contributed by atoms with Gasteiger partial charge in [0.15, 0.2) is 5.82 Å². The summed E-state index contributed by atoms with van der Waals surface area (Å²) in [5.41, 5.74) is -0.669. The molecule has 4 nitrogen and oxygen atoms in total. The molecule has 0 atom stereocenters. The zero-order valence-electron chi connectivity index (χ0n) is 8.17. The van der Waals surface area contributed by atoms with Gasteiger partial charge >= 0.3 is 0 Å². The molecule has 0 bridgehead atoms. The maximum atomic E-state index is 13.5. The molecule has 0 unspecified atom stereocenters. The highest BCUT2D eigenvalue weighted by molar-refractivity contribution is 6.37. The minimum Gasteiger partial charge on any atom is -0.495 e. The molecule has 2 rings (SSSR count). The van der Waals surface area contributed by atoms with Gasteiger partial charge in [-0.3, -0.25) is 9.78 Å². The van der Waals surface area contributed by atoms with Crippen LogP contribution in [0.2, 0.25) is 5.02 Å². The van der Waals surface area contributed by atoms with Gasteiger partial charge in [0.05, 0.1) is 17.5 Å². The first kappa shape index (κ1) is 10.8. The maximum absolute atomic E-state index is 13.5. The van der Waals surface area contributed by atoms with Gasteiger partial charge in [0, 0.05) is 5.39 Å². The summed E-state index contributed by atoms with van der Waals surface area (Å²) in [5.74, 6) is -1.46. The molecule has 0 fully saturated rings. The fraction of sp³-hybridized carbons (Fsp3) is 0.100. The van der Waals surface area contributed by atoms with E-state index in [1.54, 1.807) is 0 Å². The molecule has 0 saturated heterocycles. The maximum Gasteiger partial charge on any atom is 0.260 e. The van der Waals surface area contributed by atoms with E-state index in [-0.39, 0.29) is 21.5 Å². The number of halogens is 2. The Kier molecular flexibility index (Phi) is 2.47. The summed E-state index contributed by atoms with van der Waals surface area (Å²) in [4.78, 5) is 13.5. The number of ether oxygens (including phenoxy) is 1. The third-order valence-corrected chi connectivity index (χ3v) is 2.61. The molecule has 0 amide bonds. The third-order valence-electron chi connectivity index (χ3n) is 2.23. The van der Waals surface area contributed by atoms with E-state index in [1.807, 2.05) is 4.98 Å². The molecule has 2 N–H and O–H groups in total. The average Bonchev–Trinajstić information content (AvgIpc) is 2.25. The molecule has 1 aromatic carbocycles. The fourth-order valence-corrected chi connectivity index (χ4v) is 1.80. The summed E-state index contributed by atoms with van der Waals surface area (Å²) in [6.45, 7) is 0. The van der Waals surface area contributed by atoms with Gasteiger partial charge < -0.3 is 9.84 Å². The van der Waals surface area contributed by atoms with E-state index in [1.165, 1.54) is 19.2 Å². The molecule has 0 aliphatic rings. The Morgan fingerprint density at radius 2 is 2.19 bits per heavy atom. The number of H-pyrrole nitrogens is 1. The van der Waals surface area contributed by atoms with Crippen molar-refractivity contribution in [2.24, 2.45) is 0 Å². The number of rotatable bonds is 1. The van der Waals surface area contributed by atoms with Crippen LogP contribution in [0.5, 0.6) is 11.6 Å². The molecule has 1 aromatic heterocycles. The highest BCUT2D eigenvalue weighted by Crippen LogP contribution is 2.32. The number of fused-ring (bicyclic) bond motifs is 1. The second-order valence-corrected chi connectivity index (χ2v) is 3.50. The Balaban J connectivity index is 3.01. The molecule has 16 heavy (non-hydrogen) atoms. The molecule has 1 heterocycles. The second-order valence-electron chi connectivity index (χ2n) is 3.12. The molecule has 0 aliphatic carbocycles. The van der Waals surface area contributed by atoms with E-state index in [4.69, 9.17) is 21.4 Å². The van der Waals surface area contributed by atoms with Crippen LogP contribution < -0.4 is 10.3 Å². The van der Waals surface area contributed by atoms with Gasteiger partial charge in [0.1, 0.15) is 5.75 Å². The minimum atomic E-state index is -0.917. The number of aromatic hydroxyl groups is 1. The van der Waals surface area contributed by atoms with Crippen molar-refractivity contribution in [1.82, 2.24) is 4.98 Å². The van der Waals surface area contributed by atoms with Gasteiger partial charge in [0.2, 0.25) is 5.88 Å². The molecule has 0 spiro atoms. The van der Waals surface area contributed by atoms with Crippen molar-refractivity contribution in [3.05, 3.63) is 33.3 Å². The van der Waals surface area contributed by atoms with Crippen LogP contribution in [0.1, 0.15) is 0 Å². The molecular formula is C10H7ClFNO3. The fourth-order valence-electron chi connectivity index (χ4n) is 1.47. The molecule has 0 radical (unpaired) electrons. The predicted octanol–water partition coefficient (Wildman–Crippen LogP) is 2.03. The van der Waals surface area contributed by atoms with E-state index >= 15 is 0 Å². The largest absolute Gasteiger partial charge is 0.495 e. The minimum absolute atomic E-state index is 0.0140. The topological polar surface area (TPSA) is 62.3 Å². The molecule has 2 aromatic rings. The monoisotopic (exact) mass is 243 g/mol. The average molecular weight is 244 g/mol. The Labute approximate surface area is 94.2 Å². The lowest BCUT2D eigenvalue weighted by Crippen LogP contribution is -2.08. The van der Waals surface area contributed by atoms with E-state index in [2.05, 4.69) is 0 Å². The van der Waals surface area contributed by atoms with Crippen molar-refractivity contribution in [3.63, 3.8) is 0 Å². The number of methoxy groups -OCH3 is 1. The molecule has 0 saturated carbocycles. The lowest BCUT2D eigenvalue weighted by Gasteiger charge is -2.06. The zero-order valence-corrected chi connectivity index (χ0v) is 8.93. The Bertz CT molecular complexity index is 623. The Morgan fingerprint density at radius 1 is 1.50 bits per heavy atom. The highest BCUT2D eigenvalue weighted by Gasteiger charge is 2.15. The van der Waals surface area contributed by atoms with Gasteiger partial charge in [-0.2, -0.15) is 0 Å². The molecule has 6 heteroatoms. The van der Waals surface area contributed by atoms with Crippen LogP contribution in [-0.4, -0.2) is 17.2 Å². The number of pyridine rings is 1. The standard InChI is InChI=1S/C10H7ClFNO3/c1-16-5-3-2-4-6(7(5)11)9(14)13-10(15)8(4)12/h2-3H,1H3,(H2,13,14,15). The third kappa shape index (κ3) is 1.40. The van der Waals surface area contributed by atoms with Crippen molar-refractivity contribution in [2.75, 3.05) is 7.11 Å². The molecule has 0 aliphatic heterocycles. The number of hydrogen-bond donors (Lipinski definition) is 2. The summed E-state index contributed by atoms with van der Waals surface area (Å²) < 4.78 is 18.4. The number of aromatic amines is 1. The van der Waals surface area contributed by atoms with Crippen molar-refractivity contribution in [3.8, 4) is 11.6 Å². The Hall–Kier alpha value is -1.75. The number of aromatic nitrogens is 1. The van der Waals surface area contributed by atoms with Crippen LogP contribution in [-0.2, 0) is 0 Å². The summed E-state index contributed by atoms with van der Waals surface area (Å²) in [5, 5.41) is 9.03. The van der Waals surface area contributed by atoms with Gasteiger partial charge in [-0.25, -0.2) is 4.39 Å². The van der Waals surface area contributed by atoms with Crippen LogP contribution in [0.25, 0.3) is 10.8 Å². The van der Waals surface area contributed by atoms with E-state index in [0.717, 1.165) is 0 Å². The van der Waals surface area contributed by atoms with Crippen LogP contribution in [0.3, 0.4) is 0 Å². The van der Waals surface area contributed by atoms with E-state index in [9.17, 15) is 9.18 Å². The first-order chi connectivity index (χ1) is 7.56. The quantitative estimate of drug-likeness (QED) is 0.806. The van der Waals surface area contributed by atoms with Gasteiger partial charge in [-0.1, -0.05) is 11.6 Å². The van der Waals surface area contributed by atoms with E-state index in [0.29, 0.717) is 0 Å². The molecular weight excluding hydrogens is 237 g/mol. The van der Waals surface area contributed by atoms with Crippen LogP contribution in [0, 0.1) is 5.82 Å². The molecule has 84 valence electrons. The van der Waals surface area contributed by atoms with Gasteiger partial charge in [-0.15, -0.1) is 0 Å². The SMILES string of the molecule is COc1ccc2c(F)c(O)[nH]c(=O)c2c1Cl. The van der Waals surface area contributed by atoms with Crippen LogP contribution >= 0.6 is 11.6 Å². The van der Waals surface area contributed by atoms with Gasteiger partial charge in [-0.05, 0) is 12.1 Å². The van der Waals surface area contributed by atoms with Crippen molar-refractivity contribution < 1.29 is 14.2 Å². The number of hydrogen-bond acceptors (Lipinski definition) is 3. The summed E-state index contributed by atoms with van der Waals surface area (Å²) in [7, 11) is 1.39. The van der Waals surface area contributed by atoms with Crippen LogP contribution in [0.4, 0.5) is 4.39 Å². The first-order valence-corrected chi connectivity index (χ1v) is 4.71.